The number of ether oxygens (including phenoxy) is 1. The molecule has 28 heavy (non-hydrogen) atoms. The molecule has 7 heteroatoms. The van der Waals surface area contributed by atoms with Crippen LogP contribution in [-0.2, 0) is 11.3 Å². The summed E-state index contributed by atoms with van der Waals surface area (Å²) in [4.78, 5) is 2.25. The Hall–Kier alpha value is -2.02. The van der Waals surface area contributed by atoms with Crippen LogP contribution >= 0.6 is 23.4 Å². The van der Waals surface area contributed by atoms with Crippen LogP contribution in [0.5, 0.6) is 0 Å². The average molecular weight is 415 g/mol. The molecular formula is C21H23ClN4OS. The number of aromatic nitrogens is 3. The largest absolute Gasteiger partial charge is 0.378 e. The summed E-state index contributed by atoms with van der Waals surface area (Å²) in [6, 6.07) is 18.4. The lowest BCUT2D eigenvalue weighted by atomic mass is 10.2. The van der Waals surface area contributed by atoms with E-state index in [1.165, 1.54) is 5.56 Å². The van der Waals surface area contributed by atoms with E-state index in [1.54, 1.807) is 11.8 Å². The summed E-state index contributed by atoms with van der Waals surface area (Å²) in [5, 5.41) is 10.9. The third kappa shape index (κ3) is 4.35. The van der Waals surface area contributed by atoms with Gasteiger partial charge in [-0.1, -0.05) is 71.9 Å². The first-order valence-electron chi connectivity index (χ1n) is 9.43. The fourth-order valence-corrected chi connectivity index (χ4v) is 4.67. The third-order valence-corrected chi connectivity index (χ3v) is 6.26. The van der Waals surface area contributed by atoms with Gasteiger partial charge in [0.25, 0.3) is 0 Å². The van der Waals surface area contributed by atoms with Gasteiger partial charge in [-0.2, -0.15) is 0 Å². The monoisotopic (exact) mass is 414 g/mol. The van der Waals surface area contributed by atoms with Crippen molar-refractivity contribution in [2.75, 3.05) is 31.2 Å². The van der Waals surface area contributed by atoms with Crippen molar-refractivity contribution < 1.29 is 4.74 Å². The van der Waals surface area contributed by atoms with Crippen LogP contribution in [0.4, 0.5) is 5.95 Å². The van der Waals surface area contributed by atoms with Gasteiger partial charge in [-0.3, -0.25) is 4.57 Å². The van der Waals surface area contributed by atoms with E-state index in [0.29, 0.717) is 0 Å². The van der Waals surface area contributed by atoms with E-state index in [0.717, 1.165) is 54.5 Å². The number of morpholine rings is 1. The molecule has 2 heterocycles. The van der Waals surface area contributed by atoms with Gasteiger partial charge in [-0.15, -0.1) is 10.2 Å². The maximum Gasteiger partial charge on any atom is 0.228 e. The van der Waals surface area contributed by atoms with Crippen LogP contribution in [0.2, 0.25) is 5.02 Å². The molecule has 1 fully saturated rings. The second-order valence-electron chi connectivity index (χ2n) is 6.74. The zero-order valence-electron chi connectivity index (χ0n) is 15.8. The Bertz CT molecular complexity index is 912. The van der Waals surface area contributed by atoms with Crippen LogP contribution in [0.3, 0.4) is 0 Å². The molecule has 0 N–H and O–H groups in total. The molecule has 0 spiro atoms. The Morgan fingerprint density at radius 1 is 1.04 bits per heavy atom. The van der Waals surface area contributed by atoms with Gasteiger partial charge in [0.1, 0.15) is 0 Å². The van der Waals surface area contributed by atoms with E-state index in [4.69, 9.17) is 16.3 Å². The van der Waals surface area contributed by atoms with Crippen molar-refractivity contribution in [2.24, 2.45) is 0 Å². The van der Waals surface area contributed by atoms with Gasteiger partial charge in [0.05, 0.1) is 19.8 Å². The smallest absolute Gasteiger partial charge is 0.228 e. The zero-order valence-corrected chi connectivity index (χ0v) is 17.4. The molecule has 2 aromatic carbocycles. The first kappa shape index (κ1) is 19.3. The van der Waals surface area contributed by atoms with Gasteiger partial charge in [0.15, 0.2) is 5.16 Å². The van der Waals surface area contributed by atoms with Crippen LogP contribution in [0.1, 0.15) is 23.3 Å². The Morgan fingerprint density at radius 3 is 2.50 bits per heavy atom. The molecule has 1 aliphatic heterocycles. The molecule has 0 saturated carbocycles. The van der Waals surface area contributed by atoms with E-state index < -0.39 is 0 Å². The normalized spacial score (nSPS) is 15.6. The topological polar surface area (TPSA) is 43.2 Å². The van der Waals surface area contributed by atoms with Gasteiger partial charge in [0.2, 0.25) is 5.95 Å². The predicted octanol–water partition coefficient (Wildman–Crippen LogP) is 4.67. The Balaban J connectivity index is 1.64. The van der Waals surface area contributed by atoms with Crippen LogP contribution in [0.25, 0.3) is 0 Å². The molecule has 5 nitrogen and oxygen atoms in total. The fraction of sp³-hybridized carbons (Fsp3) is 0.333. The first-order chi connectivity index (χ1) is 13.7. The lowest BCUT2D eigenvalue weighted by molar-refractivity contribution is 0.121. The fourth-order valence-electron chi connectivity index (χ4n) is 3.30. The molecule has 3 aromatic rings. The summed E-state index contributed by atoms with van der Waals surface area (Å²) >= 11 is 8.09. The minimum atomic E-state index is 0.171. The number of nitrogens with zero attached hydrogens (tertiary/aromatic N) is 4. The van der Waals surface area contributed by atoms with Gasteiger partial charge in [-0.05, 0) is 24.1 Å². The number of halogens is 1. The molecule has 0 bridgehead atoms. The summed E-state index contributed by atoms with van der Waals surface area (Å²) < 4.78 is 7.71. The van der Waals surface area contributed by atoms with Gasteiger partial charge in [-0.25, -0.2) is 0 Å². The maximum absolute atomic E-state index is 6.40. The molecule has 0 amide bonds. The Kier molecular flexibility index (Phi) is 6.20. The molecule has 0 aliphatic carbocycles. The van der Waals surface area contributed by atoms with Gasteiger partial charge >= 0.3 is 0 Å². The van der Waals surface area contributed by atoms with Crippen molar-refractivity contribution in [3.63, 3.8) is 0 Å². The summed E-state index contributed by atoms with van der Waals surface area (Å²) in [5.41, 5.74) is 2.33. The van der Waals surface area contributed by atoms with Crippen molar-refractivity contribution >= 4 is 29.3 Å². The molecule has 1 atom stereocenters. The van der Waals surface area contributed by atoms with Crippen LogP contribution in [0, 0.1) is 0 Å². The molecule has 0 radical (unpaired) electrons. The molecule has 146 valence electrons. The highest BCUT2D eigenvalue weighted by Gasteiger charge is 2.23. The van der Waals surface area contributed by atoms with Crippen LogP contribution in [-0.4, -0.2) is 41.1 Å². The number of thioether (sulfide) groups is 1. The Labute approximate surface area is 174 Å². The summed E-state index contributed by atoms with van der Waals surface area (Å²) in [5.74, 6) is 0.904. The zero-order chi connectivity index (χ0) is 19.3. The molecular weight excluding hydrogens is 392 g/mol. The van der Waals surface area contributed by atoms with E-state index in [-0.39, 0.29) is 5.25 Å². The predicted molar refractivity (Wildman–Crippen MR) is 114 cm³/mol. The first-order valence-corrected chi connectivity index (χ1v) is 10.7. The summed E-state index contributed by atoms with van der Waals surface area (Å²) in [6.07, 6.45) is 0. The number of hydrogen-bond donors (Lipinski definition) is 0. The van der Waals surface area contributed by atoms with Crippen molar-refractivity contribution in [1.82, 2.24) is 14.8 Å². The van der Waals surface area contributed by atoms with Gasteiger partial charge in [0, 0.05) is 23.4 Å². The minimum absolute atomic E-state index is 0.171. The van der Waals surface area contributed by atoms with Gasteiger partial charge < -0.3 is 9.64 Å². The van der Waals surface area contributed by atoms with E-state index in [1.807, 2.05) is 24.3 Å². The third-order valence-electron chi connectivity index (χ3n) is 4.80. The van der Waals surface area contributed by atoms with Crippen molar-refractivity contribution in [2.45, 2.75) is 23.9 Å². The molecule has 1 saturated heterocycles. The highest BCUT2D eigenvalue weighted by molar-refractivity contribution is 7.99. The Morgan fingerprint density at radius 2 is 1.75 bits per heavy atom. The quantitative estimate of drug-likeness (QED) is 0.548. The molecule has 1 aliphatic rings. The molecule has 1 aromatic heterocycles. The maximum atomic E-state index is 6.40. The summed E-state index contributed by atoms with van der Waals surface area (Å²) in [7, 11) is 0. The molecule has 4 rings (SSSR count). The number of rotatable bonds is 6. The summed E-state index contributed by atoms with van der Waals surface area (Å²) in [6.45, 7) is 5.99. The lowest BCUT2D eigenvalue weighted by Gasteiger charge is -2.28. The highest BCUT2D eigenvalue weighted by Crippen LogP contribution is 2.38. The number of benzene rings is 2. The van der Waals surface area contributed by atoms with Crippen LogP contribution < -0.4 is 4.90 Å². The lowest BCUT2D eigenvalue weighted by Crippen LogP contribution is -2.38. The number of anilines is 1. The van der Waals surface area contributed by atoms with E-state index in [2.05, 4.69) is 56.9 Å². The SMILES string of the molecule is C[C@@H](Sc1nnc(N2CCOCC2)n1Cc1ccccc1)c1ccccc1Cl. The second-order valence-corrected chi connectivity index (χ2v) is 8.45. The van der Waals surface area contributed by atoms with Crippen molar-refractivity contribution in [1.29, 1.82) is 0 Å². The standard InChI is InChI=1S/C21H23ClN4OS/c1-16(18-9-5-6-10-19(18)22)28-21-24-23-20(25-11-13-27-14-12-25)26(21)15-17-7-3-2-4-8-17/h2-10,16H,11-15H2,1H3/t16-/m1/s1. The second kappa shape index (κ2) is 8.99. The number of hydrogen-bond acceptors (Lipinski definition) is 5. The average Bonchev–Trinajstić information content (AvgIpc) is 3.12. The minimum Gasteiger partial charge on any atom is -0.378 e. The molecule has 0 unspecified atom stereocenters. The van der Waals surface area contributed by atoms with Crippen molar-refractivity contribution in [3.8, 4) is 0 Å². The van der Waals surface area contributed by atoms with Crippen LogP contribution in [0.15, 0.2) is 59.8 Å². The highest BCUT2D eigenvalue weighted by atomic mass is 35.5. The van der Waals surface area contributed by atoms with E-state index >= 15 is 0 Å². The van der Waals surface area contributed by atoms with Crippen molar-refractivity contribution in [3.05, 3.63) is 70.7 Å². The van der Waals surface area contributed by atoms with E-state index in [9.17, 15) is 0 Å².